The minimum Gasteiger partial charge on any atom is -0.465 e. The van der Waals surface area contributed by atoms with Gasteiger partial charge in [-0.1, -0.05) is 54.6 Å². The van der Waals surface area contributed by atoms with Crippen molar-refractivity contribution in [2.45, 2.75) is 62.9 Å². The summed E-state index contributed by atoms with van der Waals surface area (Å²) < 4.78 is 0. The van der Waals surface area contributed by atoms with Gasteiger partial charge in [0.15, 0.2) is 5.82 Å². The Morgan fingerprint density at radius 2 is 1.68 bits per heavy atom. The molecule has 2 saturated carbocycles. The molecule has 8 heteroatoms. The Labute approximate surface area is 223 Å². The third-order valence-corrected chi connectivity index (χ3v) is 8.27. The zero-order valence-corrected chi connectivity index (χ0v) is 21.8. The molecule has 2 amide bonds. The number of carbonyl (C=O) groups is 2. The molecule has 1 heterocycles. The Morgan fingerprint density at radius 3 is 2.29 bits per heavy atom. The number of rotatable bonds is 7. The van der Waals surface area contributed by atoms with Gasteiger partial charge in [-0.05, 0) is 68.1 Å². The Bertz CT molecular complexity index is 1280. The summed E-state index contributed by atoms with van der Waals surface area (Å²) in [6, 6.07) is 20.2. The number of carbonyl (C=O) groups excluding carboxylic acids is 1. The minimum atomic E-state index is -0.903. The molecule has 38 heavy (non-hydrogen) atoms. The number of nitrogens with zero attached hydrogens (tertiary/aromatic N) is 3. The van der Waals surface area contributed by atoms with Crippen molar-refractivity contribution in [2.75, 3.05) is 12.4 Å². The average molecular weight is 514 g/mol. The van der Waals surface area contributed by atoms with Gasteiger partial charge in [-0.15, -0.1) is 10.2 Å². The van der Waals surface area contributed by atoms with Crippen molar-refractivity contribution in [3.63, 3.8) is 0 Å². The molecule has 8 nitrogen and oxygen atoms in total. The predicted molar refractivity (Wildman–Crippen MR) is 147 cm³/mol. The first-order chi connectivity index (χ1) is 18.3. The monoisotopic (exact) mass is 513 g/mol. The van der Waals surface area contributed by atoms with Gasteiger partial charge in [-0.3, -0.25) is 4.79 Å². The molecule has 5 rings (SSSR count). The fourth-order valence-corrected chi connectivity index (χ4v) is 5.66. The lowest BCUT2D eigenvalue weighted by Gasteiger charge is -2.38. The van der Waals surface area contributed by atoms with Gasteiger partial charge in [0.1, 0.15) is 5.69 Å². The van der Waals surface area contributed by atoms with E-state index in [-0.39, 0.29) is 23.4 Å². The molecule has 0 aliphatic heterocycles. The van der Waals surface area contributed by atoms with Gasteiger partial charge in [0.2, 0.25) is 5.91 Å². The van der Waals surface area contributed by atoms with Crippen molar-refractivity contribution >= 4 is 17.8 Å². The van der Waals surface area contributed by atoms with E-state index >= 15 is 0 Å². The van der Waals surface area contributed by atoms with Crippen LogP contribution in [0.15, 0.2) is 60.7 Å². The summed E-state index contributed by atoms with van der Waals surface area (Å²) >= 11 is 0. The van der Waals surface area contributed by atoms with Crippen LogP contribution in [0.5, 0.6) is 0 Å². The molecule has 0 spiro atoms. The van der Waals surface area contributed by atoms with Crippen molar-refractivity contribution in [1.29, 1.82) is 0 Å². The van der Waals surface area contributed by atoms with Crippen LogP contribution in [0.2, 0.25) is 0 Å². The topological polar surface area (TPSA) is 121 Å². The molecule has 198 valence electrons. The molecule has 2 aliphatic carbocycles. The van der Waals surface area contributed by atoms with Crippen LogP contribution in [-0.4, -0.2) is 45.3 Å². The molecule has 2 aliphatic rings. The van der Waals surface area contributed by atoms with Crippen LogP contribution < -0.4 is 11.1 Å². The molecular weight excluding hydrogens is 478 g/mol. The molecule has 4 N–H and O–H groups in total. The maximum atomic E-state index is 12.9. The standard InChI is InChI=1S/C30H35N5O3/c1-35(29(37)38)24-14-8-20(9-15-24)18-27(36)32-26-19-25(21-6-3-2-4-7-21)28(34-33-26)22-10-12-23(13-11-22)30(31)16-5-17-30/h2-4,6-7,10-13,19-20,24H,5,8-9,14-18,31H2,1H3,(H,37,38)(H,32,33,36)/t20-,24-. The van der Waals surface area contributed by atoms with Gasteiger partial charge in [-0.25, -0.2) is 4.79 Å². The summed E-state index contributed by atoms with van der Waals surface area (Å²) in [5.74, 6) is 0.553. The smallest absolute Gasteiger partial charge is 0.407 e. The van der Waals surface area contributed by atoms with Crippen LogP contribution in [0.3, 0.4) is 0 Å². The van der Waals surface area contributed by atoms with Crippen molar-refractivity contribution < 1.29 is 14.7 Å². The van der Waals surface area contributed by atoms with Crippen molar-refractivity contribution in [3.05, 3.63) is 66.2 Å². The highest BCUT2D eigenvalue weighted by Crippen LogP contribution is 2.40. The number of amides is 2. The molecule has 3 aromatic rings. The zero-order valence-electron chi connectivity index (χ0n) is 21.8. The van der Waals surface area contributed by atoms with Crippen molar-refractivity contribution in [1.82, 2.24) is 15.1 Å². The number of hydrogen-bond acceptors (Lipinski definition) is 5. The summed E-state index contributed by atoms with van der Waals surface area (Å²) in [4.78, 5) is 25.5. The number of carboxylic acid groups (broad SMARTS) is 1. The second-order valence-electron chi connectivity index (χ2n) is 10.8. The molecule has 0 saturated heterocycles. The summed E-state index contributed by atoms with van der Waals surface area (Å²) in [7, 11) is 1.62. The first-order valence-electron chi connectivity index (χ1n) is 13.4. The molecular formula is C30H35N5O3. The van der Waals surface area contributed by atoms with Gasteiger partial charge >= 0.3 is 6.09 Å². The molecule has 2 fully saturated rings. The Balaban J connectivity index is 1.30. The third kappa shape index (κ3) is 5.55. The van der Waals surface area contributed by atoms with Crippen LogP contribution in [0.25, 0.3) is 22.4 Å². The summed E-state index contributed by atoms with van der Waals surface area (Å²) in [6.07, 6.45) is 5.88. The van der Waals surface area contributed by atoms with E-state index in [1.54, 1.807) is 7.05 Å². The van der Waals surface area contributed by atoms with E-state index in [0.717, 1.165) is 66.5 Å². The Hall–Kier alpha value is -3.78. The zero-order chi connectivity index (χ0) is 26.7. The highest BCUT2D eigenvalue weighted by atomic mass is 16.4. The van der Waals surface area contributed by atoms with Gasteiger partial charge in [0.25, 0.3) is 0 Å². The van der Waals surface area contributed by atoms with Crippen LogP contribution >= 0.6 is 0 Å². The first kappa shape index (κ1) is 25.9. The number of nitrogens with two attached hydrogens (primary N) is 1. The first-order valence-corrected chi connectivity index (χ1v) is 13.4. The lowest BCUT2D eigenvalue weighted by Crippen LogP contribution is -2.43. The molecule has 0 bridgehead atoms. The maximum absolute atomic E-state index is 12.9. The highest BCUT2D eigenvalue weighted by molar-refractivity contribution is 5.91. The largest absolute Gasteiger partial charge is 0.465 e. The second-order valence-corrected chi connectivity index (χ2v) is 10.8. The van der Waals surface area contributed by atoms with Crippen molar-refractivity contribution in [2.24, 2.45) is 11.7 Å². The van der Waals surface area contributed by atoms with Gasteiger partial charge in [-0.2, -0.15) is 0 Å². The lowest BCUT2D eigenvalue weighted by molar-refractivity contribution is -0.117. The second kappa shape index (κ2) is 10.9. The molecule has 0 unspecified atom stereocenters. The van der Waals surface area contributed by atoms with E-state index < -0.39 is 6.09 Å². The van der Waals surface area contributed by atoms with Crippen LogP contribution in [0.4, 0.5) is 10.6 Å². The summed E-state index contributed by atoms with van der Waals surface area (Å²) in [5.41, 5.74) is 11.0. The van der Waals surface area contributed by atoms with E-state index in [1.807, 2.05) is 36.4 Å². The van der Waals surface area contributed by atoms with Gasteiger partial charge in [0.05, 0.1) is 0 Å². The minimum absolute atomic E-state index is 0.0248. The normalized spacial score (nSPS) is 20.3. The van der Waals surface area contributed by atoms with E-state index in [2.05, 4.69) is 39.8 Å². The Kier molecular flexibility index (Phi) is 7.42. The third-order valence-electron chi connectivity index (χ3n) is 8.27. The van der Waals surface area contributed by atoms with E-state index in [0.29, 0.717) is 12.2 Å². The SMILES string of the molecule is CN(C(=O)O)[C@H]1CC[C@H](CC(=O)Nc2cc(-c3ccccc3)c(-c3ccc(C4(N)CCC4)cc3)nn2)CC1. The predicted octanol–water partition coefficient (Wildman–Crippen LogP) is 5.65. The van der Waals surface area contributed by atoms with Crippen molar-refractivity contribution in [3.8, 4) is 22.4 Å². The summed E-state index contributed by atoms with van der Waals surface area (Å²) in [6.45, 7) is 0. The number of anilines is 1. The Morgan fingerprint density at radius 1 is 1.00 bits per heavy atom. The fraction of sp³-hybridized carbons (Fsp3) is 0.400. The fourth-order valence-electron chi connectivity index (χ4n) is 5.66. The van der Waals surface area contributed by atoms with E-state index in [9.17, 15) is 14.7 Å². The number of nitrogens with one attached hydrogen (secondary N) is 1. The van der Waals surface area contributed by atoms with Gasteiger partial charge in [0, 0.05) is 36.2 Å². The molecule has 0 radical (unpaired) electrons. The van der Waals surface area contributed by atoms with E-state index in [1.165, 1.54) is 11.3 Å². The van der Waals surface area contributed by atoms with Crippen LogP contribution in [0.1, 0.15) is 56.9 Å². The summed E-state index contributed by atoms with van der Waals surface area (Å²) in [5, 5.41) is 21.0. The highest BCUT2D eigenvalue weighted by Gasteiger charge is 2.34. The van der Waals surface area contributed by atoms with Crippen LogP contribution in [0, 0.1) is 5.92 Å². The molecule has 1 aromatic heterocycles. The maximum Gasteiger partial charge on any atom is 0.407 e. The molecule has 0 atom stereocenters. The van der Waals surface area contributed by atoms with Crippen LogP contribution in [-0.2, 0) is 10.3 Å². The number of hydrogen-bond donors (Lipinski definition) is 3. The molecule has 2 aromatic carbocycles. The quantitative estimate of drug-likeness (QED) is 0.376. The van der Waals surface area contributed by atoms with E-state index in [4.69, 9.17) is 5.73 Å². The van der Waals surface area contributed by atoms with Gasteiger partial charge < -0.3 is 21.1 Å². The average Bonchev–Trinajstić information content (AvgIpc) is 2.92. The number of benzene rings is 2. The lowest BCUT2D eigenvalue weighted by atomic mass is 9.72. The number of aromatic nitrogens is 2.